The van der Waals surface area contributed by atoms with E-state index in [-0.39, 0.29) is 5.41 Å². The molecule has 2 nitrogen and oxygen atoms in total. The minimum atomic E-state index is 0.173. The molecular weight excluding hydrogens is 246 g/mol. The Balaban J connectivity index is 2.48. The van der Waals surface area contributed by atoms with Gasteiger partial charge in [0.1, 0.15) is 5.75 Å². The molecule has 0 unspecified atom stereocenters. The van der Waals surface area contributed by atoms with Crippen molar-refractivity contribution < 1.29 is 4.74 Å². The maximum absolute atomic E-state index is 6.11. The van der Waals surface area contributed by atoms with Gasteiger partial charge in [-0.15, -0.1) is 0 Å². The molecule has 0 fully saturated rings. The summed E-state index contributed by atoms with van der Waals surface area (Å²) in [7, 11) is 0. The number of hydrogen-bond acceptors (Lipinski definition) is 2. The Bertz CT molecular complexity index is 398. The van der Waals surface area contributed by atoms with E-state index in [1.54, 1.807) is 0 Å². The molecule has 0 amide bonds. The highest BCUT2D eigenvalue weighted by molar-refractivity contribution is 5.55. The molecule has 0 bridgehead atoms. The van der Waals surface area contributed by atoms with E-state index in [0.29, 0.717) is 0 Å². The number of nitrogen functional groups attached to an aromatic ring is 1. The van der Waals surface area contributed by atoms with Crippen molar-refractivity contribution in [3.63, 3.8) is 0 Å². The third-order valence-electron chi connectivity index (χ3n) is 4.18. The Kier molecular flexibility index (Phi) is 6.90. The van der Waals surface area contributed by atoms with Crippen molar-refractivity contribution >= 4 is 5.69 Å². The number of anilines is 1. The zero-order chi connectivity index (χ0) is 15.0. The van der Waals surface area contributed by atoms with Crippen LogP contribution in [0.15, 0.2) is 18.2 Å². The number of unbranched alkanes of at least 4 members (excludes halogenated alkanes) is 4. The first-order valence-electron chi connectivity index (χ1n) is 8.04. The van der Waals surface area contributed by atoms with Crippen LogP contribution in [0.3, 0.4) is 0 Å². The summed E-state index contributed by atoms with van der Waals surface area (Å²) in [6, 6.07) is 6.23. The fourth-order valence-corrected chi connectivity index (χ4v) is 2.19. The van der Waals surface area contributed by atoms with Gasteiger partial charge in [-0.1, -0.05) is 59.4 Å². The number of rotatable bonds is 9. The molecule has 0 saturated carbocycles. The quantitative estimate of drug-likeness (QED) is 0.490. The summed E-state index contributed by atoms with van der Waals surface area (Å²) in [6.45, 7) is 9.70. The summed E-state index contributed by atoms with van der Waals surface area (Å²) in [5.41, 5.74) is 8.33. The molecule has 0 saturated heterocycles. The van der Waals surface area contributed by atoms with E-state index >= 15 is 0 Å². The molecule has 0 aliphatic heterocycles. The number of nitrogens with two attached hydrogens (primary N) is 1. The first kappa shape index (κ1) is 16.9. The lowest BCUT2D eigenvalue weighted by molar-refractivity contribution is 0.306. The largest absolute Gasteiger partial charge is 0.491 e. The standard InChI is InChI=1S/C18H31NO/c1-5-7-8-9-10-13-20-17-12-11-15(14-16(17)19)18(3,4)6-2/h11-12,14H,5-10,13,19H2,1-4H3. The van der Waals surface area contributed by atoms with Gasteiger partial charge >= 0.3 is 0 Å². The van der Waals surface area contributed by atoms with Crippen LogP contribution < -0.4 is 10.5 Å². The Morgan fingerprint density at radius 3 is 2.35 bits per heavy atom. The number of benzene rings is 1. The molecule has 114 valence electrons. The molecule has 1 rings (SSSR count). The minimum Gasteiger partial charge on any atom is -0.491 e. The van der Waals surface area contributed by atoms with Crippen LogP contribution in [0.5, 0.6) is 5.75 Å². The van der Waals surface area contributed by atoms with Gasteiger partial charge in [-0.2, -0.15) is 0 Å². The predicted molar refractivity (Wildman–Crippen MR) is 88.4 cm³/mol. The molecule has 2 N–H and O–H groups in total. The van der Waals surface area contributed by atoms with Crippen LogP contribution >= 0.6 is 0 Å². The Hall–Kier alpha value is -1.18. The van der Waals surface area contributed by atoms with Crippen molar-refractivity contribution in [1.29, 1.82) is 0 Å². The highest BCUT2D eigenvalue weighted by Crippen LogP contribution is 2.32. The molecule has 0 heterocycles. The molecule has 2 heteroatoms. The molecule has 1 aromatic carbocycles. The molecule has 0 aromatic heterocycles. The monoisotopic (exact) mass is 277 g/mol. The van der Waals surface area contributed by atoms with E-state index in [1.807, 2.05) is 6.07 Å². The summed E-state index contributed by atoms with van der Waals surface area (Å²) >= 11 is 0. The molecule has 0 aliphatic rings. The van der Waals surface area contributed by atoms with E-state index in [9.17, 15) is 0 Å². The molecule has 0 atom stereocenters. The van der Waals surface area contributed by atoms with Crippen LogP contribution in [0.25, 0.3) is 0 Å². The first-order valence-corrected chi connectivity index (χ1v) is 8.04. The lowest BCUT2D eigenvalue weighted by Crippen LogP contribution is -2.15. The maximum atomic E-state index is 6.11. The minimum absolute atomic E-state index is 0.173. The zero-order valence-electron chi connectivity index (χ0n) is 13.7. The summed E-state index contributed by atoms with van der Waals surface area (Å²) in [5.74, 6) is 0.830. The average Bonchev–Trinajstić information content (AvgIpc) is 2.44. The van der Waals surface area contributed by atoms with Crippen LogP contribution in [0, 0.1) is 0 Å². The fraction of sp³-hybridized carbons (Fsp3) is 0.667. The highest BCUT2D eigenvalue weighted by atomic mass is 16.5. The van der Waals surface area contributed by atoms with E-state index < -0.39 is 0 Å². The van der Waals surface area contributed by atoms with Crippen LogP contribution in [-0.2, 0) is 5.41 Å². The SMILES string of the molecule is CCCCCCCOc1ccc(C(C)(C)CC)cc1N. The normalized spacial score (nSPS) is 11.6. The molecule has 1 aromatic rings. The van der Waals surface area contributed by atoms with E-state index in [2.05, 4.69) is 39.8 Å². The maximum Gasteiger partial charge on any atom is 0.142 e. The van der Waals surface area contributed by atoms with Crippen molar-refractivity contribution in [3.05, 3.63) is 23.8 Å². The van der Waals surface area contributed by atoms with E-state index in [4.69, 9.17) is 10.5 Å². The van der Waals surface area contributed by atoms with Crippen molar-refractivity contribution in [1.82, 2.24) is 0 Å². The topological polar surface area (TPSA) is 35.2 Å². The summed E-state index contributed by atoms with van der Waals surface area (Å²) in [6.07, 6.45) is 7.37. The predicted octanol–water partition coefficient (Wildman–Crippen LogP) is 5.31. The third kappa shape index (κ3) is 5.07. The third-order valence-corrected chi connectivity index (χ3v) is 4.18. The lowest BCUT2D eigenvalue weighted by Gasteiger charge is -2.24. The second-order valence-corrected chi connectivity index (χ2v) is 6.25. The zero-order valence-corrected chi connectivity index (χ0v) is 13.7. The summed E-state index contributed by atoms with van der Waals surface area (Å²) in [5, 5.41) is 0. The van der Waals surface area contributed by atoms with Crippen LogP contribution in [0.1, 0.15) is 71.8 Å². The van der Waals surface area contributed by atoms with Gasteiger partial charge in [0.25, 0.3) is 0 Å². The van der Waals surface area contributed by atoms with Crippen molar-refractivity contribution in [2.75, 3.05) is 12.3 Å². The molecule has 20 heavy (non-hydrogen) atoms. The Labute approximate surface area is 124 Å². The van der Waals surface area contributed by atoms with Gasteiger partial charge in [0.15, 0.2) is 0 Å². The van der Waals surface area contributed by atoms with Crippen molar-refractivity contribution in [2.24, 2.45) is 0 Å². The van der Waals surface area contributed by atoms with Gasteiger partial charge in [-0.05, 0) is 36.0 Å². The lowest BCUT2D eigenvalue weighted by atomic mass is 9.82. The first-order chi connectivity index (χ1) is 9.51. The molecular formula is C18H31NO. The number of ether oxygens (including phenoxy) is 1. The Morgan fingerprint density at radius 2 is 1.75 bits per heavy atom. The van der Waals surface area contributed by atoms with Gasteiger partial charge in [0.05, 0.1) is 12.3 Å². The van der Waals surface area contributed by atoms with Gasteiger partial charge < -0.3 is 10.5 Å². The Morgan fingerprint density at radius 1 is 1.05 bits per heavy atom. The smallest absolute Gasteiger partial charge is 0.142 e. The highest BCUT2D eigenvalue weighted by Gasteiger charge is 2.18. The second-order valence-electron chi connectivity index (χ2n) is 6.25. The van der Waals surface area contributed by atoms with E-state index in [1.165, 1.54) is 31.2 Å². The van der Waals surface area contributed by atoms with Crippen LogP contribution in [0.4, 0.5) is 5.69 Å². The van der Waals surface area contributed by atoms with Crippen LogP contribution in [-0.4, -0.2) is 6.61 Å². The van der Waals surface area contributed by atoms with Gasteiger partial charge in [0.2, 0.25) is 0 Å². The van der Waals surface area contributed by atoms with Crippen molar-refractivity contribution in [3.8, 4) is 5.75 Å². The summed E-state index contributed by atoms with van der Waals surface area (Å²) in [4.78, 5) is 0. The second kappa shape index (κ2) is 8.18. The molecule has 0 spiro atoms. The molecule has 0 aliphatic carbocycles. The van der Waals surface area contributed by atoms with Gasteiger partial charge in [-0.3, -0.25) is 0 Å². The number of hydrogen-bond donors (Lipinski definition) is 1. The molecule has 0 radical (unpaired) electrons. The van der Waals surface area contributed by atoms with E-state index in [0.717, 1.165) is 30.9 Å². The van der Waals surface area contributed by atoms with Gasteiger partial charge in [-0.25, -0.2) is 0 Å². The van der Waals surface area contributed by atoms with Gasteiger partial charge in [0, 0.05) is 0 Å². The van der Waals surface area contributed by atoms with Crippen LogP contribution in [0.2, 0.25) is 0 Å². The average molecular weight is 277 g/mol. The fourth-order valence-electron chi connectivity index (χ4n) is 2.19. The van der Waals surface area contributed by atoms with Crippen molar-refractivity contribution in [2.45, 2.75) is 71.6 Å². The summed E-state index contributed by atoms with van der Waals surface area (Å²) < 4.78 is 5.79.